The third-order valence-electron chi connectivity index (χ3n) is 4.66. The maximum absolute atomic E-state index is 8.88. The van der Waals surface area contributed by atoms with E-state index in [-0.39, 0.29) is 0 Å². The van der Waals surface area contributed by atoms with E-state index >= 15 is 0 Å². The van der Waals surface area contributed by atoms with Crippen molar-refractivity contribution in [3.8, 4) is 12.1 Å². The highest BCUT2D eigenvalue weighted by atomic mass is 15.2. The highest BCUT2D eigenvalue weighted by Crippen LogP contribution is 2.13. The van der Waals surface area contributed by atoms with Crippen LogP contribution in [0.25, 0.3) is 0 Å². The summed E-state index contributed by atoms with van der Waals surface area (Å²) in [5.74, 6) is 0. The van der Waals surface area contributed by atoms with Gasteiger partial charge in [-0.3, -0.25) is 9.80 Å². The van der Waals surface area contributed by atoms with Crippen LogP contribution in [0.4, 0.5) is 0 Å². The molecule has 0 N–H and O–H groups in total. The highest BCUT2D eigenvalue weighted by Gasteiger charge is 2.15. The molecule has 0 aromatic heterocycles. The Hall–Kier alpha value is -2.66. The summed E-state index contributed by atoms with van der Waals surface area (Å²) in [5, 5.41) is 17.8. The Labute approximate surface area is 149 Å². The molecule has 0 spiro atoms. The second-order valence-electron chi connectivity index (χ2n) is 6.52. The van der Waals surface area contributed by atoms with Gasteiger partial charge in [-0.1, -0.05) is 24.3 Å². The van der Waals surface area contributed by atoms with E-state index < -0.39 is 0 Å². The molecule has 0 bridgehead atoms. The van der Waals surface area contributed by atoms with E-state index in [0.717, 1.165) is 45.7 Å². The third-order valence-corrected chi connectivity index (χ3v) is 4.66. The van der Waals surface area contributed by atoms with E-state index in [2.05, 4.69) is 46.2 Å². The van der Waals surface area contributed by atoms with Crippen LogP contribution in [0, 0.1) is 22.7 Å². The SMILES string of the molecule is N#Cc1ccc(CN2CCCN(Cc3ccc(C#N)cc3)CC2)cc1. The van der Waals surface area contributed by atoms with Crippen molar-refractivity contribution in [1.82, 2.24) is 9.80 Å². The molecule has 1 heterocycles. The first-order valence-electron chi connectivity index (χ1n) is 8.69. The lowest BCUT2D eigenvalue weighted by Crippen LogP contribution is -2.30. The molecule has 0 atom stereocenters. The van der Waals surface area contributed by atoms with Gasteiger partial charge in [0.1, 0.15) is 0 Å². The lowest BCUT2D eigenvalue weighted by molar-refractivity contribution is 0.247. The van der Waals surface area contributed by atoms with Crippen molar-refractivity contribution < 1.29 is 0 Å². The molecule has 4 nitrogen and oxygen atoms in total. The first kappa shape index (κ1) is 17.2. The zero-order valence-corrected chi connectivity index (χ0v) is 14.4. The van der Waals surface area contributed by atoms with Gasteiger partial charge in [0.25, 0.3) is 0 Å². The molecule has 25 heavy (non-hydrogen) atoms. The van der Waals surface area contributed by atoms with E-state index in [1.165, 1.54) is 11.1 Å². The monoisotopic (exact) mass is 330 g/mol. The van der Waals surface area contributed by atoms with E-state index in [9.17, 15) is 0 Å². The fraction of sp³-hybridized carbons (Fsp3) is 0.333. The zero-order valence-electron chi connectivity index (χ0n) is 14.4. The molecule has 0 amide bonds. The number of hydrogen-bond acceptors (Lipinski definition) is 4. The van der Waals surface area contributed by atoms with Gasteiger partial charge in [-0.05, 0) is 54.9 Å². The molecule has 1 aliphatic rings. The van der Waals surface area contributed by atoms with Crippen molar-refractivity contribution >= 4 is 0 Å². The topological polar surface area (TPSA) is 54.1 Å². The second-order valence-corrected chi connectivity index (χ2v) is 6.52. The van der Waals surface area contributed by atoms with Gasteiger partial charge < -0.3 is 0 Å². The van der Waals surface area contributed by atoms with Gasteiger partial charge in [-0.2, -0.15) is 10.5 Å². The summed E-state index contributed by atoms with van der Waals surface area (Å²) in [4.78, 5) is 4.97. The summed E-state index contributed by atoms with van der Waals surface area (Å²) in [6.45, 7) is 6.19. The minimum absolute atomic E-state index is 0.716. The van der Waals surface area contributed by atoms with Gasteiger partial charge in [0.2, 0.25) is 0 Å². The van der Waals surface area contributed by atoms with Gasteiger partial charge in [0, 0.05) is 26.2 Å². The smallest absolute Gasteiger partial charge is 0.0991 e. The van der Waals surface area contributed by atoms with Crippen LogP contribution in [0.1, 0.15) is 28.7 Å². The van der Waals surface area contributed by atoms with E-state index in [0.29, 0.717) is 11.1 Å². The van der Waals surface area contributed by atoms with Crippen LogP contribution in [-0.4, -0.2) is 36.0 Å². The maximum Gasteiger partial charge on any atom is 0.0991 e. The van der Waals surface area contributed by atoms with Crippen LogP contribution < -0.4 is 0 Å². The first-order chi connectivity index (χ1) is 12.3. The number of hydrogen-bond donors (Lipinski definition) is 0. The Morgan fingerprint density at radius 1 is 0.640 bits per heavy atom. The quantitative estimate of drug-likeness (QED) is 0.864. The summed E-state index contributed by atoms with van der Waals surface area (Å²) >= 11 is 0. The molecule has 1 aliphatic heterocycles. The molecule has 1 fully saturated rings. The molecule has 4 heteroatoms. The molecule has 1 saturated heterocycles. The fourth-order valence-corrected chi connectivity index (χ4v) is 3.23. The van der Waals surface area contributed by atoms with Crippen molar-refractivity contribution in [3.63, 3.8) is 0 Å². The number of benzene rings is 2. The molecule has 0 saturated carbocycles. The number of nitriles is 2. The average molecular weight is 330 g/mol. The molecule has 0 unspecified atom stereocenters. The van der Waals surface area contributed by atoms with E-state index in [1.54, 1.807) is 0 Å². The Balaban J connectivity index is 1.52. The molecule has 0 radical (unpaired) electrons. The molecule has 126 valence electrons. The molecule has 2 aromatic rings. The van der Waals surface area contributed by atoms with Crippen LogP contribution in [-0.2, 0) is 13.1 Å². The first-order valence-corrected chi connectivity index (χ1v) is 8.69. The van der Waals surface area contributed by atoms with Crippen LogP contribution in [0.2, 0.25) is 0 Å². The minimum Gasteiger partial charge on any atom is -0.298 e. The van der Waals surface area contributed by atoms with Crippen LogP contribution in [0.3, 0.4) is 0 Å². The fourth-order valence-electron chi connectivity index (χ4n) is 3.23. The van der Waals surface area contributed by atoms with Gasteiger partial charge in [0.15, 0.2) is 0 Å². The lowest BCUT2D eigenvalue weighted by atomic mass is 10.1. The largest absolute Gasteiger partial charge is 0.298 e. The number of nitrogens with zero attached hydrogens (tertiary/aromatic N) is 4. The van der Waals surface area contributed by atoms with Crippen LogP contribution >= 0.6 is 0 Å². The maximum atomic E-state index is 8.88. The summed E-state index contributed by atoms with van der Waals surface area (Å²) in [6, 6.07) is 20.1. The number of rotatable bonds is 4. The van der Waals surface area contributed by atoms with Gasteiger partial charge >= 0.3 is 0 Å². The van der Waals surface area contributed by atoms with E-state index in [4.69, 9.17) is 10.5 Å². The summed E-state index contributed by atoms with van der Waals surface area (Å²) in [7, 11) is 0. The molecule has 0 aliphatic carbocycles. The van der Waals surface area contributed by atoms with Crippen molar-refractivity contribution in [3.05, 3.63) is 70.8 Å². The second kappa shape index (κ2) is 8.44. The van der Waals surface area contributed by atoms with E-state index in [1.807, 2.05) is 24.3 Å². The zero-order chi connectivity index (χ0) is 17.5. The van der Waals surface area contributed by atoms with Gasteiger partial charge in [0.05, 0.1) is 23.3 Å². The standard InChI is InChI=1S/C21H22N4/c22-14-18-2-6-20(7-3-18)16-24-10-1-11-25(13-12-24)17-21-8-4-19(15-23)5-9-21/h2-9H,1,10-13,16-17H2. The predicted molar refractivity (Wildman–Crippen MR) is 97.5 cm³/mol. The third kappa shape index (κ3) is 4.90. The van der Waals surface area contributed by atoms with Crippen LogP contribution in [0.5, 0.6) is 0 Å². The summed E-state index contributed by atoms with van der Waals surface area (Å²) < 4.78 is 0. The highest BCUT2D eigenvalue weighted by molar-refractivity contribution is 5.32. The van der Waals surface area contributed by atoms with Crippen molar-refractivity contribution in [2.45, 2.75) is 19.5 Å². The Kier molecular flexibility index (Phi) is 5.80. The normalized spacial score (nSPS) is 15.9. The molecule has 3 rings (SSSR count). The van der Waals surface area contributed by atoms with Crippen molar-refractivity contribution in [2.24, 2.45) is 0 Å². The molecular formula is C21H22N4. The minimum atomic E-state index is 0.716. The van der Waals surface area contributed by atoms with Gasteiger partial charge in [-0.25, -0.2) is 0 Å². The predicted octanol–water partition coefficient (Wildman–Crippen LogP) is 3.14. The van der Waals surface area contributed by atoms with Crippen LogP contribution in [0.15, 0.2) is 48.5 Å². The van der Waals surface area contributed by atoms with Gasteiger partial charge in [-0.15, -0.1) is 0 Å². The van der Waals surface area contributed by atoms with Crippen molar-refractivity contribution in [1.29, 1.82) is 10.5 Å². The average Bonchev–Trinajstić information content (AvgIpc) is 2.88. The van der Waals surface area contributed by atoms with Crippen molar-refractivity contribution in [2.75, 3.05) is 26.2 Å². The molecular weight excluding hydrogens is 308 g/mol. The summed E-state index contributed by atoms with van der Waals surface area (Å²) in [5.41, 5.74) is 3.96. The Morgan fingerprint density at radius 3 is 1.40 bits per heavy atom. The lowest BCUT2D eigenvalue weighted by Gasteiger charge is -2.22. The Bertz CT molecular complexity index is 698. The Morgan fingerprint density at radius 2 is 1.04 bits per heavy atom. The molecule has 2 aromatic carbocycles. The summed E-state index contributed by atoms with van der Waals surface area (Å²) in [6.07, 6.45) is 1.16.